The molecule has 0 radical (unpaired) electrons. The molecule has 45 heavy (non-hydrogen) atoms. The van der Waals surface area contributed by atoms with Crippen LogP contribution in [0.4, 0.5) is 20.2 Å². The molecular formula is C34H34F2N6O2S. The van der Waals surface area contributed by atoms with Crippen LogP contribution in [-0.4, -0.2) is 89.7 Å². The Morgan fingerprint density at radius 3 is 2.44 bits per heavy atom. The number of carbonyl (C=O) groups is 1. The van der Waals surface area contributed by atoms with Crippen LogP contribution < -0.4 is 10.2 Å². The summed E-state index contributed by atoms with van der Waals surface area (Å²) < 4.78 is 29.0. The molecule has 6 rings (SSSR count). The van der Waals surface area contributed by atoms with Crippen molar-refractivity contribution in [2.24, 2.45) is 4.99 Å². The summed E-state index contributed by atoms with van der Waals surface area (Å²) in [5.74, 6) is 2.21. The second-order valence-corrected chi connectivity index (χ2v) is 12.4. The van der Waals surface area contributed by atoms with E-state index in [9.17, 15) is 18.7 Å². The van der Waals surface area contributed by atoms with E-state index in [2.05, 4.69) is 51.1 Å². The molecule has 2 fully saturated rings. The molecule has 0 unspecified atom stereocenters. The number of carbonyl (C=O) groups excluding carboxylic acids is 1. The zero-order valence-electron chi connectivity index (χ0n) is 25.1. The molecular weight excluding hydrogens is 594 g/mol. The average molecular weight is 629 g/mol. The van der Waals surface area contributed by atoms with Crippen LogP contribution >= 0.6 is 11.9 Å². The molecule has 3 heterocycles. The number of hydrogen-bond acceptors (Lipinski definition) is 7. The molecule has 1 aromatic heterocycles. The van der Waals surface area contributed by atoms with E-state index in [0.29, 0.717) is 39.2 Å². The molecule has 11 heteroatoms. The van der Waals surface area contributed by atoms with Gasteiger partial charge in [-0.05, 0) is 62.3 Å². The van der Waals surface area contributed by atoms with Crippen molar-refractivity contribution >= 4 is 45.8 Å². The third-order valence-corrected chi connectivity index (χ3v) is 8.86. The number of aromatic amines is 1. The lowest BCUT2D eigenvalue weighted by atomic mass is 10.00. The normalized spacial score (nSPS) is 17.1. The van der Waals surface area contributed by atoms with E-state index in [0.717, 1.165) is 55.1 Å². The molecule has 3 N–H and O–H groups in total. The van der Waals surface area contributed by atoms with E-state index in [1.807, 2.05) is 48.5 Å². The van der Waals surface area contributed by atoms with Gasteiger partial charge >= 0.3 is 0 Å². The fraction of sp³-hybridized carbons (Fsp3) is 0.294. The van der Waals surface area contributed by atoms with Crippen molar-refractivity contribution in [1.82, 2.24) is 19.5 Å². The van der Waals surface area contributed by atoms with Crippen LogP contribution in [0.25, 0.3) is 10.9 Å². The maximum absolute atomic E-state index is 13.7. The number of nitrogens with zero attached hydrogens (tertiary/aromatic N) is 4. The quantitative estimate of drug-likeness (QED) is 0.148. The summed E-state index contributed by atoms with van der Waals surface area (Å²) in [5, 5.41) is 14.6. The topological polar surface area (TPSA) is 87.2 Å². The Bertz CT molecular complexity index is 1780. The predicted octanol–water partition coefficient (Wildman–Crippen LogP) is 5.24. The van der Waals surface area contributed by atoms with Crippen molar-refractivity contribution in [3.63, 3.8) is 0 Å². The summed E-state index contributed by atoms with van der Waals surface area (Å²) in [4.78, 5) is 25.4. The highest BCUT2D eigenvalue weighted by Gasteiger charge is 2.44. The van der Waals surface area contributed by atoms with Gasteiger partial charge in [-0.2, -0.15) is 0 Å². The second kappa shape index (κ2) is 12.9. The number of anilines is 1. The first-order valence-corrected chi connectivity index (χ1v) is 15.6. The van der Waals surface area contributed by atoms with E-state index in [4.69, 9.17) is 4.99 Å². The molecule has 0 saturated carbocycles. The molecule has 0 bridgehead atoms. The molecule has 8 nitrogen and oxygen atoms in total. The van der Waals surface area contributed by atoms with E-state index in [1.165, 1.54) is 0 Å². The fourth-order valence-corrected chi connectivity index (χ4v) is 6.58. The first kappa shape index (κ1) is 30.6. The Labute approximate surface area is 265 Å². The first-order chi connectivity index (χ1) is 21.7. The zero-order valence-corrected chi connectivity index (χ0v) is 25.9. The molecule has 232 valence electrons. The van der Waals surface area contributed by atoms with Crippen molar-refractivity contribution < 1.29 is 18.7 Å². The molecule has 2 aliphatic rings. The number of aromatic nitrogens is 1. The van der Waals surface area contributed by atoms with Gasteiger partial charge in [0.1, 0.15) is 0 Å². The minimum atomic E-state index is -2.74. The van der Waals surface area contributed by atoms with E-state index >= 15 is 0 Å². The van der Waals surface area contributed by atoms with Crippen molar-refractivity contribution in [1.29, 1.82) is 0 Å². The van der Waals surface area contributed by atoms with Crippen LogP contribution in [0.5, 0.6) is 5.88 Å². The lowest BCUT2D eigenvalue weighted by molar-refractivity contribution is -0.115. The number of halogens is 2. The van der Waals surface area contributed by atoms with Gasteiger partial charge in [0.25, 0.3) is 11.8 Å². The molecule has 0 atom stereocenters. The summed E-state index contributed by atoms with van der Waals surface area (Å²) in [6.45, 7) is 5.41. The van der Waals surface area contributed by atoms with Gasteiger partial charge in [0.2, 0.25) is 0 Å². The van der Waals surface area contributed by atoms with Crippen LogP contribution in [0.3, 0.4) is 0 Å². The SMILES string of the molecule is CCNC(=O)C#Cc1cc2[nH]c(O)c(C(=Nc3ccc(N4CCN(C)CC4)cc3)c3ccccc3)c2cc1SN1CC(F)(F)C1. The van der Waals surface area contributed by atoms with E-state index < -0.39 is 11.8 Å². The van der Waals surface area contributed by atoms with Crippen LogP contribution in [0.15, 0.2) is 76.6 Å². The van der Waals surface area contributed by atoms with E-state index in [1.54, 1.807) is 17.3 Å². The molecule has 2 aliphatic heterocycles. The standard InChI is InChI=1S/C34H34F2N6O2S/c1-3-37-30(43)14-9-24-19-28-27(20-29(24)45-42-21-34(35,36)22-42)31(33(44)39-28)32(23-7-5-4-6-8-23)38-25-10-12-26(13-11-25)41-17-15-40(2)16-18-41/h4-8,10-13,19-20,39,44H,3,15-18,21-22H2,1-2H3,(H,37,43). The number of nitrogens with one attached hydrogen (secondary N) is 2. The Hall–Kier alpha value is -4.37. The van der Waals surface area contributed by atoms with Crippen LogP contribution in [0.1, 0.15) is 23.6 Å². The Kier molecular flexibility index (Phi) is 8.81. The highest BCUT2D eigenvalue weighted by Crippen LogP contribution is 2.40. The number of alkyl halides is 2. The second-order valence-electron chi connectivity index (χ2n) is 11.2. The summed E-state index contributed by atoms with van der Waals surface area (Å²) in [7, 11) is 2.13. The summed E-state index contributed by atoms with van der Waals surface area (Å²) in [5.41, 5.74) is 4.76. The van der Waals surface area contributed by atoms with Gasteiger partial charge in [0, 0.05) is 65.7 Å². The number of H-pyrrole nitrogens is 1. The molecule has 1 amide bonds. The number of likely N-dealkylation sites (N-methyl/N-ethyl adjacent to an activating group) is 1. The Morgan fingerprint density at radius 1 is 1.07 bits per heavy atom. The van der Waals surface area contributed by atoms with Crippen molar-refractivity contribution in [2.45, 2.75) is 17.7 Å². The minimum absolute atomic E-state index is 0.0815. The minimum Gasteiger partial charge on any atom is -0.494 e. The average Bonchev–Trinajstić information content (AvgIpc) is 3.33. The van der Waals surface area contributed by atoms with Crippen molar-refractivity contribution in [3.8, 4) is 17.7 Å². The summed E-state index contributed by atoms with van der Waals surface area (Å²) >= 11 is 1.16. The highest BCUT2D eigenvalue weighted by molar-refractivity contribution is 7.97. The molecule has 0 aliphatic carbocycles. The van der Waals surface area contributed by atoms with Crippen LogP contribution in [-0.2, 0) is 4.79 Å². The third kappa shape index (κ3) is 6.99. The summed E-state index contributed by atoms with van der Waals surface area (Å²) in [6.07, 6.45) is 0. The van der Waals surface area contributed by atoms with Crippen LogP contribution in [0.2, 0.25) is 0 Å². The Balaban J connectivity index is 1.42. The van der Waals surface area contributed by atoms with Gasteiger partial charge in [-0.1, -0.05) is 36.3 Å². The smallest absolute Gasteiger partial charge is 0.296 e. The number of amides is 1. The first-order valence-electron chi connectivity index (χ1n) is 14.9. The van der Waals surface area contributed by atoms with Gasteiger partial charge in [-0.15, -0.1) is 0 Å². The molecule has 4 aromatic rings. The van der Waals surface area contributed by atoms with Gasteiger partial charge in [-0.25, -0.2) is 18.1 Å². The maximum atomic E-state index is 13.7. The van der Waals surface area contributed by atoms with Gasteiger partial charge in [0.05, 0.1) is 35.6 Å². The number of aliphatic imine (C=N–C) groups is 1. The lowest BCUT2D eigenvalue weighted by Gasteiger charge is -2.37. The number of aromatic hydroxyl groups is 1. The predicted molar refractivity (Wildman–Crippen MR) is 176 cm³/mol. The fourth-order valence-electron chi connectivity index (χ4n) is 5.42. The van der Waals surface area contributed by atoms with Gasteiger partial charge in [-0.3, -0.25) is 4.79 Å². The van der Waals surface area contributed by atoms with E-state index in [-0.39, 0.29) is 19.0 Å². The largest absolute Gasteiger partial charge is 0.494 e. The number of benzene rings is 3. The van der Waals surface area contributed by atoms with Gasteiger partial charge < -0.3 is 25.2 Å². The maximum Gasteiger partial charge on any atom is 0.296 e. The van der Waals surface area contributed by atoms with Crippen molar-refractivity contribution in [3.05, 3.63) is 83.4 Å². The Morgan fingerprint density at radius 2 is 1.78 bits per heavy atom. The number of hydrogen-bond donors (Lipinski definition) is 3. The monoisotopic (exact) mass is 628 g/mol. The molecule has 0 spiro atoms. The van der Waals surface area contributed by atoms with Crippen LogP contribution in [0, 0.1) is 11.8 Å². The number of rotatable bonds is 7. The van der Waals surface area contributed by atoms with Gasteiger partial charge in [0.15, 0.2) is 5.88 Å². The lowest BCUT2D eigenvalue weighted by Crippen LogP contribution is -2.52. The zero-order chi connectivity index (χ0) is 31.6. The molecule has 2 saturated heterocycles. The number of piperazine rings is 1. The highest BCUT2D eigenvalue weighted by atomic mass is 32.2. The molecule has 3 aromatic carbocycles. The van der Waals surface area contributed by atoms with Crippen molar-refractivity contribution in [2.75, 3.05) is 57.8 Å². The number of fused-ring (bicyclic) bond motifs is 1. The summed E-state index contributed by atoms with van der Waals surface area (Å²) in [6, 6.07) is 21.2. The third-order valence-electron chi connectivity index (χ3n) is 7.81.